The van der Waals surface area contributed by atoms with Crippen molar-refractivity contribution >= 4 is 0 Å². The van der Waals surface area contributed by atoms with Crippen LogP contribution in [0.2, 0.25) is 0 Å². The highest BCUT2D eigenvalue weighted by atomic mass is 16.5. The molecule has 1 aliphatic rings. The van der Waals surface area contributed by atoms with Gasteiger partial charge in [0.1, 0.15) is 0 Å². The van der Waals surface area contributed by atoms with Gasteiger partial charge in [-0.15, -0.1) is 0 Å². The smallest absolute Gasteiger partial charge is 0.0611 e. The molecule has 19 heavy (non-hydrogen) atoms. The molecule has 3 nitrogen and oxygen atoms in total. The Bertz CT molecular complexity index is 257. The van der Waals surface area contributed by atoms with Crippen molar-refractivity contribution < 1.29 is 9.84 Å². The molecule has 4 atom stereocenters. The Morgan fingerprint density at radius 1 is 1.32 bits per heavy atom. The molecular weight excluding hydrogens is 238 g/mol. The third-order valence-corrected chi connectivity index (χ3v) is 4.04. The molecule has 1 aliphatic carbocycles. The minimum atomic E-state index is -0.242. The molecule has 0 saturated heterocycles. The summed E-state index contributed by atoms with van der Waals surface area (Å²) >= 11 is 0. The zero-order valence-electron chi connectivity index (χ0n) is 13.4. The quantitative estimate of drug-likeness (QED) is 0.747. The molecule has 0 aromatic heterocycles. The highest BCUT2D eigenvalue weighted by molar-refractivity contribution is 4.86. The summed E-state index contributed by atoms with van der Waals surface area (Å²) in [7, 11) is 0. The van der Waals surface area contributed by atoms with E-state index in [-0.39, 0.29) is 18.2 Å². The van der Waals surface area contributed by atoms with Gasteiger partial charge in [-0.3, -0.25) is 0 Å². The summed E-state index contributed by atoms with van der Waals surface area (Å²) in [6.07, 6.45) is 6.49. The number of aliphatic hydroxyl groups excluding tert-OH is 1. The first-order valence-electron chi connectivity index (χ1n) is 7.88. The highest BCUT2D eigenvalue weighted by Crippen LogP contribution is 2.27. The Kier molecular flexibility index (Phi) is 6.78. The molecule has 0 aromatic carbocycles. The number of nitrogens with one attached hydrogen (secondary N) is 1. The number of ether oxygens (including phenoxy) is 1. The molecule has 1 fully saturated rings. The second-order valence-corrected chi connectivity index (χ2v) is 7.06. The van der Waals surface area contributed by atoms with E-state index in [9.17, 15) is 5.11 Å². The van der Waals surface area contributed by atoms with Gasteiger partial charge in [-0.05, 0) is 39.0 Å². The zero-order chi connectivity index (χ0) is 14.5. The Balaban J connectivity index is 2.41. The third-order valence-electron chi connectivity index (χ3n) is 4.04. The minimum Gasteiger partial charge on any atom is -0.394 e. The number of rotatable bonds is 7. The number of hydrogen-bond donors (Lipinski definition) is 2. The lowest BCUT2D eigenvalue weighted by molar-refractivity contribution is -0.0478. The Morgan fingerprint density at radius 3 is 2.53 bits per heavy atom. The van der Waals surface area contributed by atoms with Gasteiger partial charge in [0.2, 0.25) is 0 Å². The molecule has 1 rings (SSSR count). The lowest BCUT2D eigenvalue weighted by Crippen LogP contribution is -2.51. The maximum atomic E-state index is 9.61. The van der Waals surface area contributed by atoms with Crippen molar-refractivity contribution in [3.05, 3.63) is 0 Å². The first kappa shape index (κ1) is 16.9. The Morgan fingerprint density at radius 2 is 2.00 bits per heavy atom. The van der Waals surface area contributed by atoms with Crippen molar-refractivity contribution in [1.29, 1.82) is 0 Å². The van der Waals surface area contributed by atoms with Gasteiger partial charge in [-0.25, -0.2) is 0 Å². The predicted octanol–water partition coefficient (Wildman–Crippen LogP) is 3.11. The Labute approximate surface area is 119 Å². The molecule has 0 radical (unpaired) electrons. The zero-order valence-corrected chi connectivity index (χ0v) is 13.4. The standard InChI is InChI=1S/C16H33NO2/c1-12(2)17-16(5,11-18)10-14(4)19-15-8-6-7-13(3)9-15/h12-15,17-18H,6-11H2,1-5H3. The molecule has 0 aliphatic heterocycles. The van der Waals surface area contributed by atoms with E-state index in [0.717, 1.165) is 12.3 Å². The summed E-state index contributed by atoms with van der Waals surface area (Å²) in [5.74, 6) is 0.795. The van der Waals surface area contributed by atoms with E-state index in [2.05, 4.69) is 39.9 Å². The summed E-state index contributed by atoms with van der Waals surface area (Å²) in [4.78, 5) is 0. The average molecular weight is 271 g/mol. The lowest BCUT2D eigenvalue weighted by Gasteiger charge is -2.36. The largest absolute Gasteiger partial charge is 0.394 e. The second kappa shape index (κ2) is 7.61. The first-order valence-corrected chi connectivity index (χ1v) is 7.88. The minimum absolute atomic E-state index is 0.153. The molecule has 2 N–H and O–H groups in total. The van der Waals surface area contributed by atoms with Crippen LogP contribution in [0.4, 0.5) is 0 Å². The normalized spacial score (nSPS) is 29.2. The van der Waals surface area contributed by atoms with E-state index in [1.54, 1.807) is 0 Å². The van der Waals surface area contributed by atoms with Crippen LogP contribution < -0.4 is 5.32 Å². The molecule has 0 amide bonds. The van der Waals surface area contributed by atoms with Crippen LogP contribution >= 0.6 is 0 Å². The highest BCUT2D eigenvalue weighted by Gasteiger charge is 2.29. The fraction of sp³-hybridized carbons (Fsp3) is 1.00. The predicted molar refractivity (Wildman–Crippen MR) is 80.3 cm³/mol. The van der Waals surface area contributed by atoms with Crippen molar-refractivity contribution in [2.45, 2.75) is 90.5 Å². The lowest BCUT2D eigenvalue weighted by atomic mass is 9.88. The SMILES string of the molecule is CC1CCCC(OC(C)CC(C)(CO)NC(C)C)C1. The van der Waals surface area contributed by atoms with Gasteiger partial charge in [0.15, 0.2) is 0 Å². The van der Waals surface area contributed by atoms with Crippen LogP contribution in [-0.2, 0) is 4.74 Å². The number of hydrogen-bond acceptors (Lipinski definition) is 3. The number of aliphatic hydroxyl groups is 1. The molecule has 0 heterocycles. The van der Waals surface area contributed by atoms with Crippen molar-refractivity contribution in [2.75, 3.05) is 6.61 Å². The summed E-state index contributed by atoms with van der Waals surface area (Å²) in [5, 5.41) is 13.1. The van der Waals surface area contributed by atoms with Crippen molar-refractivity contribution in [2.24, 2.45) is 5.92 Å². The fourth-order valence-corrected chi connectivity index (χ4v) is 3.38. The maximum absolute atomic E-state index is 9.61. The second-order valence-electron chi connectivity index (χ2n) is 7.06. The van der Waals surface area contributed by atoms with E-state index >= 15 is 0 Å². The molecule has 1 saturated carbocycles. The van der Waals surface area contributed by atoms with E-state index in [1.807, 2.05) is 0 Å². The van der Waals surface area contributed by atoms with Gasteiger partial charge in [0.05, 0.1) is 18.8 Å². The van der Waals surface area contributed by atoms with Crippen LogP contribution in [0.1, 0.15) is 66.7 Å². The third kappa shape index (κ3) is 6.24. The molecule has 114 valence electrons. The van der Waals surface area contributed by atoms with Crippen molar-refractivity contribution in [1.82, 2.24) is 5.32 Å². The monoisotopic (exact) mass is 271 g/mol. The summed E-state index contributed by atoms with van der Waals surface area (Å²) in [5.41, 5.74) is -0.242. The van der Waals surface area contributed by atoms with Gasteiger partial charge < -0.3 is 15.2 Å². The van der Waals surface area contributed by atoms with Crippen LogP contribution in [-0.4, -0.2) is 35.5 Å². The van der Waals surface area contributed by atoms with Crippen LogP contribution in [0.5, 0.6) is 0 Å². The van der Waals surface area contributed by atoms with E-state index in [4.69, 9.17) is 4.74 Å². The molecule has 0 aromatic rings. The average Bonchev–Trinajstić information content (AvgIpc) is 2.27. The van der Waals surface area contributed by atoms with Crippen LogP contribution in [0.25, 0.3) is 0 Å². The summed E-state index contributed by atoms with van der Waals surface area (Å²) < 4.78 is 6.19. The van der Waals surface area contributed by atoms with Crippen molar-refractivity contribution in [3.63, 3.8) is 0 Å². The van der Waals surface area contributed by atoms with Crippen LogP contribution in [0.3, 0.4) is 0 Å². The van der Waals surface area contributed by atoms with Gasteiger partial charge in [-0.1, -0.05) is 33.6 Å². The van der Waals surface area contributed by atoms with Crippen molar-refractivity contribution in [3.8, 4) is 0 Å². The molecular formula is C16H33NO2. The van der Waals surface area contributed by atoms with Gasteiger partial charge in [0.25, 0.3) is 0 Å². The van der Waals surface area contributed by atoms with Crippen LogP contribution in [0.15, 0.2) is 0 Å². The molecule has 3 heteroatoms. The molecule has 0 spiro atoms. The van der Waals surface area contributed by atoms with E-state index in [0.29, 0.717) is 12.1 Å². The van der Waals surface area contributed by atoms with Gasteiger partial charge in [0, 0.05) is 11.6 Å². The van der Waals surface area contributed by atoms with E-state index < -0.39 is 0 Å². The van der Waals surface area contributed by atoms with Gasteiger partial charge in [-0.2, -0.15) is 0 Å². The molecule has 4 unspecified atom stereocenters. The van der Waals surface area contributed by atoms with E-state index in [1.165, 1.54) is 25.7 Å². The van der Waals surface area contributed by atoms with Crippen LogP contribution in [0, 0.1) is 5.92 Å². The first-order chi connectivity index (χ1) is 8.84. The Hall–Kier alpha value is -0.120. The van der Waals surface area contributed by atoms with Gasteiger partial charge >= 0.3 is 0 Å². The summed E-state index contributed by atoms with van der Waals surface area (Å²) in [6, 6.07) is 0.374. The fourth-order valence-electron chi connectivity index (χ4n) is 3.38. The topological polar surface area (TPSA) is 41.5 Å². The molecule has 0 bridgehead atoms. The summed E-state index contributed by atoms with van der Waals surface area (Å²) in [6.45, 7) is 10.9. The maximum Gasteiger partial charge on any atom is 0.0611 e.